The van der Waals surface area contributed by atoms with Crippen molar-refractivity contribution in [3.8, 4) is 0 Å². The Morgan fingerprint density at radius 2 is 2.46 bits per heavy atom. The highest BCUT2D eigenvalue weighted by molar-refractivity contribution is 7.15. The number of rotatable bonds is 1. The first-order valence-corrected chi connectivity index (χ1v) is 4.44. The Kier molecular flexibility index (Phi) is 1.53. The van der Waals surface area contributed by atoms with E-state index in [1.165, 1.54) is 11.3 Å². The van der Waals surface area contributed by atoms with Crippen LogP contribution in [-0.4, -0.2) is 20.5 Å². The third-order valence-corrected chi connectivity index (χ3v) is 2.72. The lowest BCUT2D eigenvalue weighted by molar-refractivity contribution is 0.0692. The van der Waals surface area contributed by atoms with Gasteiger partial charge in [-0.25, -0.2) is 9.78 Å². The Balaban J connectivity index is 2.82. The minimum Gasteiger partial charge on any atom is -0.476 e. The fourth-order valence-electron chi connectivity index (χ4n) is 1.18. The molecule has 2 aromatic heterocycles. The van der Waals surface area contributed by atoms with Gasteiger partial charge in [0.05, 0.1) is 0 Å². The number of hydrogen-bond donors (Lipinski definition) is 2. The van der Waals surface area contributed by atoms with Crippen molar-refractivity contribution in [1.29, 1.82) is 0 Å². The highest BCUT2D eigenvalue weighted by atomic mass is 32.1. The van der Waals surface area contributed by atoms with Crippen LogP contribution in [0.2, 0.25) is 0 Å². The number of aromatic nitrogens is 2. The van der Waals surface area contributed by atoms with Crippen molar-refractivity contribution >= 4 is 28.1 Å². The molecule has 0 saturated carbocycles. The van der Waals surface area contributed by atoms with Crippen molar-refractivity contribution in [2.75, 3.05) is 5.73 Å². The van der Waals surface area contributed by atoms with Crippen LogP contribution in [-0.2, 0) is 0 Å². The third kappa shape index (κ3) is 0.988. The van der Waals surface area contributed by atoms with Gasteiger partial charge in [-0.1, -0.05) is 0 Å². The van der Waals surface area contributed by atoms with Gasteiger partial charge >= 0.3 is 5.97 Å². The van der Waals surface area contributed by atoms with E-state index in [4.69, 9.17) is 10.8 Å². The first kappa shape index (κ1) is 8.06. The summed E-state index contributed by atoms with van der Waals surface area (Å²) in [6, 6.07) is 0. The zero-order valence-electron chi connectivity index (χ0n) is 6.81. The van der Waals surface area contributed by atoms with E-state index in [9.17, 15) is 4.79 Å². The molecule has 3 N–H and O–H groups in total. The van der Waals surface area contributed by atoms with Crippen molar-refractivity contribution in [3.05, 3.63) is 16.8 Å². The summed E-state index contributed by atoms with van der Waals surface area (Å²) < 4.78 is 1.63. The predicted octanol–water partition coefficient (Wildman–Crippen LogP) is 0.985. The summed E-state index contributed by atoms with van der Waals surface area (Å²) in [7, 11) is 0. The predicted molar refractivity (Wildman–Crippen MR) is 49.2 cm³/mol. The molecule has 0 aromatic carbocycles. The molecule has 0 unspecified atom stereocenters. The standard InChI is InChI=1S/C7H7N3O2S/c1-3-2-13-7-9-4(6(11)12)5(8)10(3)7/h2H,8H2,1H3,(H,11,12). The quantitative estimate of drug-likeness (QED) is 0.714. The number of nitrogen functional groups attached to an aromatic ring is 1. The SMILES string of the molecule is Cc1csc2nc(C(=O)O)c(N)n12. The molecule has 2 heterocycles. The Morgan fingerprint density at radius 1 is 1.77 bits per heavy atom. The molecule has 6 heteroatoms. The molecule has 0 atom stereocenters. The van der Waals surface area contributed by atoms with Crippen LogP contribution in [0, 0.1) is 6.92 Å². The molecule has 5 nitrogen and oxygen atoms in total. The molecule has 0 radical (unpaired) electrons. The number of imidazole rings is 1. The largest absolute Gasteiger partial charge is 0.476 e. The van der Waals surface area contributed by atoms with E-state index in [-0.39, 0.29) is 11.5 Å². The third-order valence-electron chi connectivity index (χ3n) is 1.77. The van der Waals surface area contributed by atoms with Gasteiger partial charge in [0.1, 0.15) is 5.82 Å². The van der Waals surface area contributed by atoms with Crippen molar-refractivity contribution < 1.29 is 9.90 Å². The number of anilines is 1. The monoisotopic (exact) mass is 197 g/mol. The van der Waals surface area contributed by atoms with Gasteiger partial charge in [0.25, 0.3) is 0 Å². The molecule has 13 heavy (non-hydrogen) atoms. The number of carboxylic acids is 1. The fourth-order valence-corrected chi connectivity index (χ4v) is 2.05. The van der Waals surface area contributed by atoms with Crippen LogP contribution in [0.4, 0.5) is 5.82 Å². The minimum absolute atomic E-state index is 0.0741. The first-order chi connectivity index (χ1) is 6.11. The Bertz CT molecular complexity index is 485. The molecule has 0 aliphatic heterocycles. The molecular formula is C7H7N3O2S. The highest BCUT2D eigenvalue weighted by Gasteiger charge is 2.17. The summed E-state index contributed by atoms with van der Waals surface area (Å²) in [5.41, 5.74) is 6.44. The lowest BCUT2D eigenvalue weighted by Gasteiger charge is -1.93. The Morgan fingerprint density at radius 3 is 3.00 bits per heavy atom. The van der Waals surface area contributed by atoms with Gasteiger partial charge in [0, 0.05) is 11.1 Å². The smallest absolute Gasteiger partial charge is 0.358 e. The van der Waals surface area contributed by atoms with Gasteiger partial charge in [-0.15, -0.1) is 11.3 Å². The highest BCUT2D eigenvalue weighted by Crippen LogP contribution is 2.22. The second-order valence-electron chi connectivity index (χ2n) is 2.65. The van der Waals surface area contributed by atoms with E-state index in [0.29, 0.717) is 4.96 Å². The van der Waals surface area contributed by atoms with Crippen molar-refractivity contribution in [2.45, 2.75) is 6.92 Å². The number of nitrogens with two attached hydrogens (primary N) is 1. The molecule has 0 aliphatic carbocycles. The summed E-state index contributed by atoms with van der Waals surface area (Å²) in [4.78, 5) is 15.2. The molecule has 0 spiro atoms. The topological polar surface area (TPSA) is 80.6 Å². The van der Waals surface area contributed by atoms with Gasteiger partial charge in [-0.2, -0.15) is 0 Å². The van der Waals surface area contributed by atoms with Gasteiger partial charge in [-0.3, -0.25) is 4.40 Å². The number of fused-ring (bicyclic) bond motifs is 1. The van der Waals surface area contributed by atoms with Gasteiger partial charge in [0.15, 0.2) is 10.7 Å². The van der Waals surface area contributed by atoms with Crippen LogP contribution in [0.1, 0.15) is 16.2 Å². The molecule has 0 amide bonds. The number of hydrogen-bond acceptors (Lipinski definition) is 4. The summed E-state index contributed by atoms with van der Waals surface area (Å²) in [6.07, 6.45) is 0. The van der Waals surface area contributed by atoms with E-state index >= 15 is 0 Å². The van der Waals surface area contributed by atoms with Crippen LogP contribution < -0.4 is 5.73 Å². The van der Waals surface area contributed by atoms with Gasteiger partial charge in [0.2, 0.25) is 0 Å². The van der Waals surface area contributed by atoms with Crippen LogP contribution in [0.15, 0.2) is 5.38 Å². The molecule has 0 fully saturated rings. The normalized spacial score (nSPS) is 10.8. The second kappa shape index (κ2) is 2.46. The Hall–Kier alpha value is -1.56. The number of aromatic carboxylic acids is 1. The van der Waals surface area contributed by atoms with E-state index < -0.39 is 5.97 Å². The van der Waals surface area contributed by atoms with E-state index in [1.54, 1.807) is 4.40 Å². The molecule has 68 valence electrons. The number of nitrogens with zero attached hydrogens (tertiary/aromatic N) is 2. The summed E-state index contributed by atoms with van der Waals surface area (Å²) in [5, 5.41) is 10.6. The average molecular weight is 197 g/mol. The zero-order valence-corrected chi connectivity index (χ0v) is 7.63. The molecule has 2 rings (SSSR count). The second-order valence-corrected chi connectivity index (χ2v) is 3.48. The zero-order chi connectivity index (χ0) is 9.59. The van der Waals surface area contributed by atoms with Crippen LogP contribution in [0.25, 0.3) is 4.96 Å². The maximum atomic E-state index is 10.6. The number of carboxylic acid groups (broad SMARTS) is 1. The van der Waals surface area contributed by atoms with Gasteiger partial charge in [-0.05, 0) is 6.92 Å². The van der Waals surface area contributed by atoms with Gasteiger partial charge < -0.3 is 10.8 Å². The lowest BCUT2D eigenvalue weighted by atomic mass is 10.4. The number of carbonyl (C=O) groups is 1. The minimum atomic E-state index is -1.09. The summed E-state index contributed by atoms with van der Waals surface area (Å²) >= 11 is 1.37. The van der Waals surface area contributed by atoms with Crippen LogP contribution in [0.3, 0.4) is 0 Å². The molecular weight excluding hydrogens is 190 g/mol. The number of thiazole rings is 1. The van der Waals surface area contributed by atoms with E-state index in [2.05, 4.69) is 4.98 Å². The number of aryl methyl sites for hydroxylation is 1. The summed E-state index contributed by atoms with van der Waals surface area (Å²) in [5.74, 6) is -0.894. The van der Waals surface area contributed by atoms with Crippen molar-refractivity contribution in [1.82, 2.24) is 9.38 Å². The fraction of sp³-hybridized carbons (Fsp3) is 0.143. The maximum absolute atomic E-state index is 10.6. The maximum Gasteiger partial charge on any atom is 0.358 e. The Labute approximate surface area is 77.4 Å². The van der Waals surface area contributed by atoms with Crippen LogP contribution in [0.5, 0.6) is 0 Å². The van der Waals surface area contributed by atoms with Crippen molar-refractivity contribution in [3.63, 3.8) is 0 Å². The average Bonchev–Trinajstić information content (AvgIpc) is 2.55. The summed E-state index contributed by atoms with van der Waals surface area (Å²) in [6.45, 7) is 1.85. The van der Waals surface area contributed by atoms with E-state index in [0.717, 1.165) is 5.69 Å². The molecule has 0 aliphatic rings. The molecule has 0 saturated heterocycles. The van der Waals surface area contributed by atoms with Crippen molar-refractivity contribution in [2.24, 2.45) is 0 Å². The first-order valence-electron chi connectivity index (χ1n) is 3.56. The van der Waals surface area contributed by atoms with Crippen LogP contribution >= 0.6 is 11.3 Å². The van der Waals surface area contributed by atoms with E-state index in [1.807, 2.05) is 12.3 Å². The molecule has 2 aromatic rings. The lowest BCUT2D eigenvalue weighted by Crippen LogP contribution is -2.03. The molecule has 0 bridgehead atoms.